The maximum Gasteiger partial charge on any atom is 0.304 e. The molecule has 0 atom stereocenters. The first-order valence-corrected chi connectivity index (χ1v) is 6.33. The summed E-state index contributed by atoms with van der Waals surface area (Å²) < 4.78 is 0.805. The molecule has 0 radical (unpaired) electrons. The van der Waals surface area contributed by atoms with E-state index in [9.17, 15) is 4.79 Å². The number of aromatic nitrogens is 2. The number of hydrogen-bond donors (Lipinski definition) is 2. The van der Waals surface area contributed by atoms with Gasteiger partial charge in [0.2, 0.25) is 5.13 Å². The topological polar surface area (TPSA) is 75.1 Å². The number of nitrogens with one attached hydrogen (secondary N) is 1. The van der Waals surface area contributed by atoms with Crippen molar-refractivity contribution in [2.45, 2.75) is 30.6 Å². The van der Waals surface area contributed by atoms with Crippen LogP contribution in [0.3, 0.4) is 0 Å². The summed E-state index contributed by atoms with van der Waals surface area (Å²) in [6.45, 7) is 4.05. The van der Waals surface area contributed by atoms with Gasteiger partial charge in [-0.05, 0) is 13.8 Å². The highest BCUT2D eigenvalue weighted by molar-refractivity contribution is 8.01. The van der Waals surface area contributed by atoms with Crippen molar-refractivity contribution in [3.63, 3.8) is 0 Å². The molecule has 2 N–H and O–H groups in total. The molecule has 7 heteroatoms. The van der Waals surface area contributed by atoms with Gasteiger partial charge in [0.15, 0.2) is 4.34 Å². The molecule has 0 aliphatic rings. The van der Waals surface area contributed by atoms with Crippen LogP contribution in [-0.4, -0.2) is 33.1 Å². The van der Waals surface area contributed by atoms with Crippen molar-refractivity contribution in [2.75, 3.05) is 11.1 Å². The molecule has 15 heavy (non-hydrogen) atoms. The summed E-state index contributed by atoms with van der Waals surface area (Å²) in [5.74, 6) is -0.251. The van der Waals surface area contributed by atoms with Gasteiger partial charge in [0.05, 0.1) is 6.42 Å². The molecule has 0 saturated carbocycles. The Balaban J connectivity index is 2.36. The maximum atomic E-state index is 10.3. The van der Waals surface area contributed by atoms with Crippen LogP contribution in [0.25, 0.3) is 0 Å². The Morgan fingerprint density at radius 2 is 2.33 bits per heavy atom. The maximum absolute atomic E-state index is 10.3. The molecule has 0 aromatic carbocycles. The molecular formula is C8H13N3O2S2. The molecule has 1 aromatic heterocycles. The van der Waals surface area contributed by atoms with E-state index in [0.717, 1.165) is 9.47 Å². The lowest BCUT2D eigenvalue weighted by Crippen LogP contribution is -2.08. The minimum absolute atomic E-state index is 0.150. The van der Waals surface area contributed by atoms with Gasteiger partial charge >= 0.3 is 5.97 Å². The third-order valence-corrected chi connectivity index (χ3v) is 3.35. The average molecular weight is 247 g/mol. The molecule has 0 fully saturated rings. The summed E-state index contributed by atoms with van der Waals surface area (Å²) in [7, 11) is 0. The van der Waals surface area contributed by atoms with Gasteiger partial charge < -0.3 is 10.4 Å². The van der Waals surface area contributed by atoms with Gasteiger partial charge in [0.1, 0.15) is 0 Å². The number of carboxylic acid groups (broad SMARTS) is 1. The molecule has 1 aromatic rings. The number of carbonyl (C=O) groups is 1. The largest absolute Gasteiger partial charge is 0.481 e. The van der Waals surface area contributed by atoms with Gasteiger partial charge in [-0.15, -0.1) is 10.2 Å². The summed E-state index contributed by atoms with van der Waals surface area (Å²) in [6.07, 6.45) is 0.150. The minimum atomic E-state index is -0.785. The van der Waals surface area contributed by atoms with Crippen molar-refractivity contribution in [2.24, 2.45) is 0 Å². The van der Waals surface area contributed by atoms with Crippen LogP contribution in [0.1, 0.15) is 20.3 Å². The number of carboxylic acids is 1. The van der Waals surface area contributed by atoms with Crippen LogP contribution in [0, 0.1) is 0 Å². The molecule has 0 spiro atoms. The smallest absolute Gasteiger partial charge is 0.304 e. The Labute approximate surface area is 96.3 Å². The molecule has 0 amide bonds. The van der Waals surface area contributed by atoms with Crippen LogP contribution < -0.4 is 5.32 Å². The summed E-state index contributed by atoms with van der Waals surface area (Å²) in [5.41, 5.74) is 0. The van der Waals surface area contributed by atoms with E-state index in [1.54, 1.807) is 0 Å². The lowest BCUT2D eigenvalue weighted by atomic mass is 10.4. The molecular weight excluding hydrogens is 234 g/mol. The van der Waals surface area contributed by atoms with E-state index in [4.69, 9.17) is 5.11 Å². The summed E-state index contributed by atoms with van der Waals surface area (Å²) >= 11 is 2.87. The number of nitrogens with zero attached hydrogens (tertiary/aromatic N) is 2. The minimum Gasteiger partial charge on any atom is -0.481 e. The van der Waals surface area contributed by atoms with E-state index in [0.29, 0.717) is 11.8 Å². The number of anilines is 1. The van der Waals surface area contributed by atoms with Gasteiger partial charge in [-0.3, -0.25) is 4.79 Å². The first kappa shape index (κ1) is 12.3. The number of aliphatic carboxylic acids is 1. The zero-order chi connectivity index (χ0) is 11.3. The Morgan fingerprint density at radius 3 is 2.93 bits per heavy atom. The van der Waals surface area contributed by atoms with E-state index in [-0.39, 0.29) is 6.42 Å². The summed E-state index contributed by atoms with van der Waals surface area (Å²) in [5, 5.41) is 20.3. The van der Waals surface area contributed by atoms with Crippen molar-refractivity contribution in [3.05, 3.63) is 0 Å². The monoisotopic (exact) mass is 247 g/mol. The first-order valence-electron chi connectivity index (χ1n) is 4.52. The van der Waals surface area contributed by atoms with Crippen molar-refractivity contribution in [1.29, 1.82) is 0 Å². The standard InChI is InChI=1S/C8H13N3O2S2/c1-5(2)9-7-10-11-8(15-7)14-4-3-6(12)13/h5H,3-4H2,1-2H3,(H,9,10)(H,12,13). The highest BCUT2D eigenvalue weighted by Crippen LogP contribution is 2.26. The van der Waals surface area contributed by atoms with Crippen LogP contribution in [0.5, 0.6) is 0 Å². The molecule has 1 rings (SSSR count). The predicted molar refractivity (Wildman–Crippen MR) is 61.6 cm³/mol. The molecule has 0 unspecified atom stereocenters. The van der Waals surface area contributed by atoms with Crippen molar-refractivity contribution >= 4 is 34.2 Å². The zero-order valence-corrected chi connectivity index (χ0v) is 10.2. The molecule has 0 aliphatic carbocycles. The SMILES string of the molecule is CC(C)Nc1nnc(SCCC(=O)O)s1. The van der Waals surface area contributed by atoms with E-state index in [2.05, 4.69) is 15.5 Å². The summed E-state index contributed by atoms with van der Waals surface area (Å²) in [6, 6.07) is 0.329. The fourth-order valence-corrected chi connectivity index (χ4v) is 2.69. The second-order valence-corrected chi connectivity index (χ2v) is 5.48. The van der Waals surface area contributed by atoms with Crippen molar-refractivity contribution < 1.29 is 9.90 Å². The Kier molecular flexibility index (Phi) is 4.83. The molecule has 0 aliphatic heterocycles. The first-order chi connectivity index (χ1) is 7.08. The van der Waals surface area contributed by atoms with Crippen LogP contribution in [0.4, 0.5) is 5.13 Å². The van der Waals surface area contributed by atoms with Gasteiger partial charge in [-0.1, -0.05) is 23.1 Å². The van der Waals surface area contributed by atoms with Crippen LogP contribution in [0.15, 0.2) is 4.34 Å². The molecule has 0 saturated heterocycles. The lowest BCUT2D eigenvalue weighted by Gasteiger charge is -2.02. The molecule has 1 heterocycles. The zero-order valence-electron chi connectivity index (χ0n) is 8.56. The van der Waals surface area contributed by atoms with Gasteiger partial charge in [0.25, 0.3) is 0 Å². The van der Waals surface area contributed by atoms with Gasteiger partial charge in [0, 0.05) is 11.8 Å². The number of thioether (sulfide) groups is 1. The predicted octanol–water partition coefficient (Wildman–Crippen LogP) is 1.93. The fourth-order valence-electron chi connectivity index (χ4n) is 0.799. The van der Waals surface area contributed by atoms with Crippen molar-refractivity contribution in [3.8, 4) is 0 Å². The van der Waals surface area contributed by atoms with Gasteiger partial charge in [-0.25, -0.2) is 0 Å². The Bertz CT molecular complexity index is 327. The van der Waals surface area contributed by atoms with E-state index >= 15 is 0 Å². The van der Waals surface area contributed by atoms with Crippen LogP contribution >= 0.6 is 23.1 Å². The summed E-state index contributed by atoms with van der Waals surface area (Å²) in [4.78, 5) is 10.3. The van der Waals surface area contributed by atoms with E-state index in [1.807, 2.05) is 13.8 Å². The third-order valence-electron chi connectivity index (χ3n) is 1.36. The second-order valence-electron chi connectivity index (χ2n) is 3.16. The Morgan fingerprint density at radius 1 is 1.60 bits per heavy atom. The molecule has 0 bridgehead atoms. The fraction of sp³-hybridized carbons (Fsp3) is 0.625. The molecule has 5 nitrogen and oxygen atoms in total. The average Bonchev–Trinajstić information content (AvgIpc) is 2.50. The van der Waals surface area contributed by atoms with Crippen LogP contribution in [-0.2, 0) is 4.79 Å². The Hall–Kier alpha value is -0.820. The molecule has 84 valence electrons. The van der Waals surface area contributed by atoms with E-state index in [1.165, 1.54) is 23.1 Å². The highest BCUT2D eigenvalue weighted by Gasteiger charge is 2.06. The van der Waals surface area contributed by atoms with Crippen LogP contribution in [0.2, 0.25) is 0 Å². The normalized spacial score (nSPS) is 10.6. The second kappa shape index (κ2) is 5.92. The third kappa shape index (κ3) is 4.98. The number of rotatable bonds is 6. The quantitative estimate of drug-likeness (QED) is 0.748. The highest BCUT2D eigenvalue weighted by atomic mass is 32.2. The van der Waals surface area contributed by atoms with Crippen molar-refractivity contribution in [1.82, 2.24) is 10.2 Å². The van der Waals surface area contributed by atoms with Gasteiger partial charge in [-0.2, -0.15) is 0 Å². The number of hydrogen-bond acceptors (Lipinski definition) is 6. The lowest BCUT2D eigenvalue weighted by molar-refractivity contribution is -0.136. The van der Waals surface area contributed by atoms with E-state index < -0.39 is 5.97 Å².